The number of aromatic nitrogens is 1. The van der Waals surface area contributed by atoms with Gasteiger partial charge in [-0.3, -0.25) is 4.79 Å². The molecule has 0 bridgehead atoms. The van der Waals surface area contributed by atoms with Crippen LogP contribution in [0.2, 0.25) is 0 Å². The molecule has 1 amide bonds. The molecule has 1 aromatic heterocycles. The standard InChI is InChI=1S/C13H10F3N3O/c1-6-2-7(3-12(17)18-6)13(20)19-11-5-9(15)8(14)4-10(11)16/h2-5H,1H3,(H2,17,18)(H,19,20). The monoisotopic (exact) mass is 281 g/mol. The van der Waals surface area contributed by atoms with Crippen molar-refractivity contribution in [3.63, 3.8) is 0 Å². The molecule has 0 aliphatic rings. The van der Waals surface area contributed by atoms with E-state index in [9.17, 15) is 18.0 Å². The molecule has 2 rings (SSSR count). The molecule has 4 nitrogen and oxygen atoms in total. The zero-order valence-corrected chi connectivity index (χ0v) is 10.4. The first kappa shape index (κ1) is 13.9. The Hall–Kier alpha value is -2.57. The van der Waals surface area contributed by atoms with Gasteiger partial charge in [0, 0.05) is 23.4 Å². The molecule has 3 N–H and O–H groups in total. The molecule has 20 heavy (non-hydrogen) atoms. The number of anilines is 2. The van der Waals surface area contributed by atoms with Crippen molar-refractivity contribution in [2.24, 2.45) is 0 Å². The van der Waals surface area contributed by atoms with E-state index in [0.29, 0.717) is 17.8 Å². The molecule has 1 aromatic carbocycles. The van der Waals surface area contributed by atoms with Crippen LogP contribution in [0.1, 0.15) is 16.1 Å². The maximum absolute atomic E-state index is 13.4. The fraction of sp³-hybridized carbons (Fsp3) is 0.0769. The van der Waals surface area contributed by atoms with Gasteiger partial charge >= 0.3 is 0 Å². The molecular formula is C13H10F3N3O. The van der Waals surface area contributed by atoms with Crippen molar-refractivity contribution in [2.45, 2.75) is 6.92 Å². The lowest BCUT2D eigenvalue weighted by atomic mass is 10.2. The first-order chi connectivity index (χ1) is 9.36. The van der Waals surface area contributed by atoms with Crippen LogP contribution in [0.4, 0.5) is 24.7 Å². The third kappa shape index (κ3) is 2.87. The van der Waals surface area contributed by atoms with Gasteiger partial charge in [0.05, 0.1) is 5.69 Å². The molecule has 0 atom stereocenters. The predicted octanol–water partition coefficient (Wildman–Crippen LogP) is 2.64. The molecular weight excluding hydrogens is 271 g/mol. The molecule has 1 heterocycles. The molecule has 0 aliphatic heterocycles. The SMILES string of the molecule is Cc1cc(C(=O)Nc2cc(F)c(F)cc2F)cc(N)n1. The summed E-state index contributed by atoms with van der Waals surface area (Å²) in [4.78, 5) is 15.8. The van der Waals surface area contributed by atoms with E-state index in [4.69, 9.17) is 5.73 Å². The number of hydrogen-bond acceptors (Lipinski definition) is 3. The van der Waals surface area contributed by atoms with Crippen LogP contribution in [0.25, 0.3) is 0 Å². The van der Waals surface area contributed by atoms with Gasteiger partial charge in [-0.05, 0) is 19.1 Å². The lowest BCUT2D eigenvalue weighted by molar-refractivity contribution is 0.102. The maximum atomic E-state index is 13.4. The van der Waals surface area contributed by atoms with Gasteiger partial charge in [0.25, 0.3) is 5.91 Å². The van der Waals surface area contributed by atoms with E-state index in [1.54, 1.807) is 6.92 Å². The molecule has 7 heteroatoms. The summed E-state index contributed by atoms with van der Waals surface area (Å²) in [5.41, 5.74) is 5.67. The molecule has 0 aliphatic carbocycles. The van der Waals surface area contributed by atoms with Gasteiger partial charge < -0.3 is 11.1 Å². The van der Waals surface area contributed by atoms with Gasteiger partial charge in [0.15, 0.2) is 11.6 Å². The Balaban J connectivity index is 2.30. The average molecular weight is 281 g/mol. The first-order valence-electron chi connectivity index (χ1n) is 5.57. The number of hydrogen-bond donors (Lipinski definition) is 2. The Bertz CT molecular complexity index is 669. The molecule has 0 spiro atoms. The summed E-state index contributed by atoms with van der Waals surface area (Å²) in [5.74, 6) is -4.24. The van der Waals surface area contributed by atoms with Crippen LogP contribution < -0.4 is 11.1 Å². The fourth-order valence-corrected chi connectivity index (χ4v) is 1.64. The summed E-state index contributed by atoms with van der Waals surface area (Å²) in [5, 5.41) is 2.15. The Morgan fingerprint density at radius 1 is 1.10 bits per heavy atom. The lowest BCUT2D eigenvalue weighted by Crippen LogP contribution is -2.14. The van der Waals surface area contributed by atoms with Crippen LogP contribution in [0, 0.1) is 24.4 Å². The second-order valence-corrected chi connectivity index (χ2v) is 4.12. The van der Waals surface area contributed by atoms with E-state index in [0.717, 1.165) is 0 Å². The molecule has 0 saturated heterocycles. The predicted molar refractivity (Wildman–Crippen MR) is 67.7 cm³/mol. The number of nitrogens with zero attached hydrogens (tertiary/aromatic N) is 1. The van der Waals surface area contributed by atoms with Gasteiger partial charge in [0.2, 0.25) is 0 Å². The van der Waals surface area contributed by atoms with E-state index in [2.05, 4.69) is 10.3 Å². The van der Waals surface area contributed by atoms with Crippen molar-refractivity contribution in [2.75, 3.05) is 11.1 Å². The van der Waals surface area contributed by atoms with E-state index >= 15 is 0 Å². The number of nitrogens with two attached hydrogens (primary N) is 1. The fourth-order valence-electron chi connectivity index (χ4n) is 1.64. The van der Waals surface area contributed by atoms with Crippen molar-refractivity contribution in [3.8, 4) is 0 Å². The van der Waals surface area contributed by atoms with Gasteiger partial charge in [-0.1, -0.05) is 0 Å². The summed E-state index contributed by atoms with van der Waals surface area (Å²) in [6.45, 7) is 1.63. The minimum Gasteiger partial charge on any atom is -0.384 e. The highest BCUT2D eigenvalue weighted by Crippen LogP contribution is 2.19. The number of carbonyl (C=O) groups is 1. The first-order valence-corrected chi connectivity index (χ1v) is 5.57. The van der Waals surface area contributed by atoms with Crippen molar-refractivity contribution in [3.05, 3.63) is 53.0 Å². The highest BCUT2D eigenvalue weighted by molar-refractivity contribution is 6.04. The Labute approximate surface area is 112 Å². The van der Waals surface area contributed by atoms with Crippen LogP contribution in [0.3, 0.4) is 0 Å². The molecule has 0 saturated carbocycles. The smallest absolute Gasteiger partial charge is 0.255 e. The van der Waals surface area contributed by atoms with Crippen LogP contribution >= 0.6 is 0 Å². The van der Waals surface area contributed by atoms with Crippen molar-refractivity contribution in [1.29, 1.82) is 0 Å². The maximum Gasteiger partial charge on any atom is 0.255 e. The summed E-state index contributed by atoms with van der Waals surface area (Å²) < 4.78 is 39.2. The number of halogens is 3. The normalized spacial score (nSPS) is 10.4. The van der Waals surface area contributed by atoms with Crippen LogP contribution in [0.15, 0.2) is 24.3 Å². The Morgan fingerprint density at radius 3 is 2.40 bits per heavy atom. The van der Waals surface area contributed by atoms with Gasteiger partial charge in [-0.25, -0.2) is 18.2 Å². The van der Waals surface area contributed by atoms with Crippen LogP contribution in [-0.4, -0.2) is 10.9 Å². The third-order valence-electron chi connectivity index (χ3n) is 2.49. The number of pyridine rings is 1. The topological polar surface area (TPSA) is 68.0 Å². The van der Waals surface area contributed by atoms with E-state index in [1.807, 2.05) is 0 Å². The molecule has 0 radical (unpaired) electrons. The summed E-state index contributed by atoms with van der Waals surface area (Å²) in [6, 6.07) is 3.65. The number of nitrogen functional groups attached to an aromatic ring is 1. The highest BCUT2D eigenvalue weighted by Gasteiger charge is 2.14. The second kappa shape index (κ2) is 5.20. The minimum absolute atomic E-state index is 0.126. The van der Waals surface area contributed by atoms with E-state index in [1.165, 1.54) is 12.1 Å². The summed E-state index contributed by atoms with van der Waals surface area (Å²) in [6.07, 6.45) is 0. The highest BCUT2D eigenvalue weighted by atomic mass is 19.2. The number of nitrogens with one attached hydrogen (secondary N) is 1. The number of amides is 1. The average Bonchev–Trinajstić information content (AvgIpc) is 2.34. The van der Waals surface area contributed by atoms with E-state index in [-0.39, 0.29) is 11.4 Å². The quantitative estimate of drug-likeness (QED) is 0.831. The number of benzene rings is 1. The van der Waals surface area contributed by atoms with Gasteiger partial charge in [-0.2, -0.15) is 0 Å². The number of aryl methyl sites for hydroxylation is 1. The van der Waals surface area contributed by atoms with Crippen molar-refractivity contribution >= 4 is 17.4 Å². The van der Waals surface area contributed by atoms with Gasteiger partial charge in [-0.15, -0.1) is 0 Å². The number of rotatable bonds is 2. The Kier molecular flexibility index (Phi) is 3.60. The Morgan fingerprint density at radius 2 is 1.75 bits per heavy atom. The molecule has 2 aromatic rings. The largest absolute Gasteiger partial charge is 0.384 e. The molecule has 104 valence electrons. The minimum atomic E-state index is -1.33. The van der Waals surface area contributed by atoms with Crippen molar-refractivity contribution in [1.82, 2.24) is 4.98 Å². The lowest BCUT2D eigenvalue weighted by Gasteiger charge is -2.08. The number of carbonyl (C=O) groups excluding carboxylic acids is 1. The van der Waals surface area contributed by atoms with Crippen molar-refractivity contribution < 1.29 is 18.0 Å². The van der Waals surface area contributed by atoms with Crippen LogP contribution in [0.5, 0.6) is 0 Å². The van der Waals surface area contributed by atoms with Crippen LogP contribution in [-0.2, 0) is 0 Å². The zero-order chi connectivity index (χ0) is 14.9. The molecule has 0 fully saturated rings. The van der Waals surface area contributed by atoms with Gasteiger partial charge in [0.1, 0.15) is 11.6 Å². The zero-order valence-electron chi connectivity index (χ0n) is 10.4. The third-order valence-corrected chi connectivity index (χ3v) is 2.49. The summed E-state index contributed by atoms with van der Waals surface area (Å²) in [7, 11) is 0. The summed E-state index contributed by atoms with van der Waals surface area (Å²) >= 11 is 0. The van der Waals surface area contributed by atoms with E-state index < -0.39 is 29.0 Å². The second-order valence-electron chi connectivity index (χ2n) is 4.12. The molecule has 0 unspecified atom stereocenters.